The third-order valence-electron chi connectivity index (χ3n) is 5.06. The quantitative estimate of drug-likeness (QED) is 0.484. The summed E-state index contributed by atoms with van der Waals surface area (Å²) in [7, 11) is 0. The molecule has 1 heterocycles. The van der Waals surface area contributed by atoms with Crippen molar-refractivity contribution < 1.29 is 4.79 Å². The zero-order valence-corrected chi connectivity index (χ0v) is 19.2. The number of nitrogens with zero attached hydrogens (tertiary/aromatic N) is 2. The molecule has 3 aromatic rings. The Kier molecular flexibility index (Phi) is 7.94. The highest BCUT2D eigenvalue weighted by atomic mass is 32.2. The Morgan fingerprint density at radius 1 is 1.12 bits per heavy atom. The van der Waals surface area contributed by atoms with Crippen LogP contribution in [-0.2, 0) is 17.9 Å². The normalized spacial score (nSPS) is 10.8. The number of nitrogen functional groups attached to an aromatic ring is 1. The molecule has 0 saturated heterocycles. The fourth-order valence-corrected chi connectivity index (χ4v) is 4.25. The van der Waals surface area contributed by atoms with Crippen molar-refractivity contribution in [1.29, 1.82) is 0 Å². The third-order valence-corrected chi connectivity index (χ3v) is 6.03. The monoisotopic (exact) mass is 452 g/mol. The van der Waals surface area contributed by atoms with Gasteiger partial charge in [-0.2, -0.15) is 0 Å². The minimum Gasteiger partial charge on any atom is -0.383 e. The molecule has 0 fully saturated rings. The zero-order valence-electron chi connectivity index (χ0n) is 18.3. The number of nitrogens with one attached hydrogen (secondary N) is 1. The van der Waals surface area contributed by atoms with Crippen LogP contribution < -0.4 is 21.9 Å². The molecule has 0 aliphatic heterocycles. The average Bonchev–Trinajstić information content (AvgIpc) is 2.77. The van der Waals surface area contributed by atoms with E-state index in [4.69, 9.17) is 5.73 Å². The minimum atomic E-state index is -0.662. The predicted octanol–water partition coefficient (Wildman–Crippen LogP) is 3.55. The van der Waals surface area contributed by atoms with E-state index in [9.17, 15) is 14.4 Å². The highest BCUT2D eigenvalue weighted by Gasteiger charge is 2.24. The van der Waals surface area contributed by atoms with Gasteiger partial charge in [0.05, 0.1) is 12.3 Å². The molecule has 1 amide bonds. The van der Waals surface area contributed by atoms with Crippen LogP contribution in [-0.4, -0.2) is 21.2 Å². The lowest BCUT2D eigenvalue weighted by Gasteiger charge is -2.24. The minimum absolute atomic E-state index is 0.0111. The van der Waals surface area contributed by atoms with E-state index in [2.05, 4.69) is 4.98 Å². The van der Waals surface area contributed by atoms with E-state index < -0.39 is 11.2 Å². The van der Waals surface area contributed by atoms with Gasteiger partial charge in [0.2, 0.25) is 5.91 Å². The molecule has 0 aliphatic carbocycles. The Hall–Kier alpha value is -3.26. The SMILES string of the molecule is CCCCn1c(N)c(N(Cc2ccccc2)C(=O)CSc2cccc(C)c2)c(=O)[nH]c1=O. The molecule has 168 valence electrons. The van der Waals surface area contributed by atoms with Crippen molar-refractivity contribution in [2.45, 2.75) is 44.7 Å². The molecule has 0 atom stereocenters. The molecular weight excluding hydrogens is 424 g/mol. The number of carbonyl (C=O) groups is 1. The van der Waals surface area contributed by atoms with E-state index >= 15 is 0 Å². The van der Waals surface area contributed by atoms with Crippen LogP contribution in [0.5, 0.6) is 0 Å². The maximum absolute atomic E-state index is 13.3. The number of anilines is 2. The van der Waals surface area contributed by atoms with E-state index in [1.807, 2.05) is 68.4 Å². The molecule has 0 unspecified atom stereocenters. The summed E-state index contributed by atoms with van der Waals surface area (Å²) in [5.74, 6) is -0.126. The molecule has 0 spiro atoms. The first-order chi connectivity index (χ1) is 15.4. The lowest BCUT2D eigenvalue weighted by Crippen LogP contribution is -2.41. The zero-order chi connectivity index (χ0) is 23.1. The van der Waals surface area contributed by atoms with Crippen LogP contribution in [0.1, 0.15) is 30.9 Å². The maximum atomic E-state index is 13.3. The number of nitrogens with two attached hydrogens (primary N) is 1. The van der Waals surface area contributed by atoms with Crippen LogP contribution in [0.3, 0.4) is 0 Å². The lowest BCUT2D eigenvalue weighted by atomic mass is 10.2. The van der Waals surface area contributed by atoms with Gasteiger partial charge in [0.1, 0.15) is 5.82 Å². The van der Waals surface area contributed by atoms with Crippen LogP contribution in [0.4, 0.5) is 11.5 Å². The predicted molar refractivity (Wildman–Crippen MR) is 130 cm³/mol. The average molecular weight is 453 g/mol. The molecule has 3 N–H and O–H groups in total. The van der Waals surface area contributed by atoms with Crippen molar-refractivity contribution >= 4 is 29.2 Å². The Bertz CT molecular complexity index is 1190. The van der Waals surface area contributed by atoms with Crippen molar-refractivity contribution in [1.82, 2.24) is 9.55 Å². The first-order valence-corrected chi connectivity index (χ1v) is 11.6. The first-order valence-electron chi connectivity index (χ1n) is 10.6. The second kappa shape index (κ2) is 10.9. The number of hydrogen-bond donors (Lipinski definition) is 2. The molecule has 3 rings (SSSR count). The number of aromatic amines is 1. The van der Waals surface area contributed by atoms with Gasteiger partial charge in [0.15, 0.2) is 5.69 Å². The first kappa shape index (κ1) is 23.4. The molecule has 0 radical (unpaired) electrons. The number of carbonyl (C=O) groups excluding carboxylic acids is 1. The van der Waals surface area contributed by atoms with Crippen LogP contribution in [0.15, 0.2) is 69.1 Å². The number of amides is 1. The van der Waals surface area contributed by atoms with Gasteiger partial charge in [0.25, 0.3) is 5.56 Å². The molecule has 8 heteroatoms. The largest absolute Gasteiger partial charge is 0.383 e. The van der Waals surface area contributed by atoms with Crippen LogP contribution >= 0.6 is 11.8 Å². The summed E-state index contributed by atoms with van der Waals surface area (Å²) < 4.78 is 1.33. The number of aromatic nitrogens is 2. The lowest BCUT2D eigenvalue weighted by molar-refractivity contribution is -0.116. The van der Waals surface area contributed by atoms with Crippen molar-refractivity contribution in [3.8, 4) is 0 Å². The van der Waals surface area contributed by atoms with E-state index in [1.165, 1.54) is 21.2 Å². The van der Waals surface area contributed by atoms with Gasteiger partial charge in [-0.05, 0) is 31.0 Å². The number of unbranched alkanes of at least 4 members (excludes halogenated alkanes) is 1. The molecule has 7 nitrogen and oxygen atoms in total. The van der Waals surface area contributed by atoms with E-state index in [-0.39, 0.29) is 29.7 Å². The number of hydrogen-bond acceptors (Lipinski definition) is 5. The van der Waals surface area contributed by atoms with Gasteiger partial charge < -0.3 is 5.73 Å². The molecule has 0 saturated carbocycles. The van der Waals surface area contributed by atoms with E-state index in [0.717, 1.165) is 28.9 Å². The Morgan fingerprint density at radius 2 is 1.88 bits per heavy atom. The topological polar surface area (TPSA) is 101 Å². The van der Waals surface area contributed by atoms with Gasteiger partial charge in [-0.1, -0.05) is 61.4 Å². The number of H-pyrrole nitrogens is 1. The van der Waals surface area contributed by atoms with Crippen molar-refractivity contribution in [3.63, 3.8) is 0 Å². The second-order valence-corrected chi connectivity index (χ2v) is 8.62. The number of aryl methyl sites for hydroxylation is 1. The molecule has 32 heavy (non-hydrogen) atoms. The number of thioether (sulfide) groups is 1. The fraction of sp³-hybridized carbons (Fsp3) is 0.292. The summed E-state index contributed by atoms with van der Waals surface area (Å²) in [6.45, 7) is 4.54. The summed E-state index contributed by atoms with van der Waals surface area (Å²) in [5.41, 5.74) is 7.03. The summed E-state index contributed by atoms with van der Waals surface area (Å²) >= 11 is 1.40. The summed E-state index contributed by atoms with van der Waals surface area (Å²) in [4.78, 5) is 43.1. The van der Waals surface area contributed by atoms with Crippen molar-refractivity contribution in [2.24, 2.45) is 0 Å². The maximum Gasteiger partial charge on any atom is 0.330 e. The van der Waals surface area contributed by atoms with Gasteiger partial charge in [0, 0.05) is 11.4 Å². The molecule has 2 aromatic carbocycles. The van der Waals surface area contributed by atoms with E-state index in [0.29, 0.717) is 6.54 Å². The number of rotatable bonds is 9. The van der Waals surface area contributed by atoms with Gasteiger partial charge in [-0.3, -0.25) is 24.0 Å². The van der Waals surface area contributed by atoms with Crippen LogP contribution in [0, 0.1) is 6.92 Å². The van der Waals surface area contributed by atoms with Crippen LogP contribution in [0.2, 0.25) is 0 Å². The smallest absolute Gasteiger partial charge is 0.330 e. The van der Waals surface area contributed by atoms with Gasteiger partial charge in [-0.15, -0.1) is 11.8 Å². The molecule has 0 bridgehead atoms. The molecule has 1 aromatic heterocycles. The summed E-state index contributed by atoms with van der Waals surface area (Å²) in [6, 6.07) is 17.3. The third kappa shape index (κ3) is 5.70. The van der Waals surface area contributed by atoms with Crippen molar-refractivity contribution in [2.75, 3.05) is 16.4 Å². The summed E-state index contributed by atoms with van der Waals surface area (Å²) in [6.07, 6.45) is 1.59. The van der Waals surface area contributed by atoms with E-state index in [1.54, 1.807) is 0 Å². The Morgan fingerprint density at radius 3 is 2.56 bits per heavy atom. The highest BCUT2D eigenvalue weighted by Crippen LogP contribution is 2.24. The number of benzene rings is 2. The van der Waals surface area contributed by atoms with Crippen LogP contribution in [0.25, 0.3) is 0 Å². The second-order valence-electron chi connectivity index (χ2n) is 7.57. The summed E-state index contributed by atoms with van der Waals surface area (Å²) in [5, 5.41) is 0. The Balaban J connectivity index is 1.98. The standard InChI is InChI=1S/C24H28N4O3S/c1-3-4-13-27-22(25)21(23(30)26-24(27)31)28(15-18-10-6-5-7-11-18)20(29)16-32-19-12-8-9-17(2)14-19/h5-12,14H,3-4,13,15-16,25H2,1-2H3,(H,26,30,31). The molecular formula is C24H28N4O3S. The molecule has 0 aliphatic rings. The van der Waals surface area contributed by atoms with Crippen molar-refractivity contribution in [3.05, 3.63) is 86.6 Å². The fourth-order valence-electron chi connectivity index (χ4n) is 3.36. The highest BCUT2D eigenvalue weighted by molar-refractivity contribution is 8.00. The van der Waals surface area contributed by atoms with Gasteiger partial charge in [-0.25, -0.2) is 4.79 Å². The Labute approximate surface area is 191 Å². The van der Waals surface area contributed by atoms with Gasteiger partial charge >= 0.3 is 5.69 Å².